The fourth-order valence-corrected chi connectivity index (χ4v) is 1.50. The number of aromatic amines is 1. The number of H-pyrrole nitrogens is 1. The quantitative estimate of drug-likeness (QED) is 0.640. The molecule has 1 heterocycles. The zero-order valence-electron chi connectivity index (χ0n) is 7.27. The van der Waals surface area contributed by atoms with Crippen molar-refractivity contribution < 1.29 is 8.42 Å². The molecule has 14 heavy (non-hydrogen) atoms. The molecule has 0 radical (unpaired) electrons. The van der Waals surface area contributed by atoms with Crippen LogP contribution in [0, 0.1) is 11.3 Å². The monoisotopic (exact) mass is 215 g/mol. The molecule has 2 N–H and O–H groups in total. The van der Waals surface area contributed by atoms with Crippen LogP contribution in [0.25, 0.3) is 0 Å². The van der Waals surface area contributed by atoms with E-state index in [4.69, 9.17) is 5.26 Å². The maximum absolute atomic E-state index is 11.0. The summed E-state index contributed by atoms with van der Waals surface area (Å²) in [4.78, 5) is 3.82. The Morgan fingerprint density at radius 2 is 2.43 bits per heavy atom. The van der Waals surface area contributed by atoms with Crippen LogP contribution >= 0.6 is 0 Å². The number of hydrogen-bond donors (Lipinski definition) is 2. The van der Waals surface area contributed by atoms with Gasteiger partial charge in [-0.1, -0.05) is 0 Å². The summed E-state index contributed by atoms with van der Waals surface area (Å²) in [6, 6.07) is 1.57. The summed E-state index contributed by atoms with van der Waals surface area (Å²) in [6.07, 6.45) is 1.77. The van der Waals surface area contributed by atoms with Crippen molar-refractivity contribution in [2.24, 2.45) is 0 Å². The Hall–Kier alpha value is -1.46. The van der Waals surface area contributed by atoms with Crippen LogP contribution in [-0.2, 0) is 16.4 Å². The average Bonchev–Trinajstić information content (AvgIpc) is 2.56. The average molecular weight is 215 g/mol. The number of rotatable bonds is 5. The van der Waals surface area contributed by atoms with Gasteiger partial charge in [0.25, 0.3) is 0 Å². The van der Waals surface area contributed by atoms with Crippen molar-refractivity contribution >= 4 is 10.0 Å². The van der Waals surface area contributed by atoms with Gasteiger partial charge in [-0.25, -0.2) is 18.1 Å². The van der Waals surface area contributed by atoms with Crippen LogP contribution in [0.1, 0.15) is 5.82 Å². The minimum atomic E-state index is -3.46. The zero-order valence-corrected chi connectivity index (χ0v) is 8.08. The van der Waals surface area contributed by atoms with Gasteiger partial charge in [0, 0.05) is 13.0 Å². The van der Waals surface area contributed by atoms with E-state index in [1.54, 1.807) is 6.07 Å². The van der Waals surface area contributed by atoms with Crippen LogP contribution < -0.4 is 4.72 Å². The van der Waals surface area contributed by atoms with Gasteiger partial charge in [-0.3, -0.25) is 5.10 Å². The molecule has 1 rings (SSSR count). The Bertz CT molecular complexity index is 404. The van der Waals surface area contributed by atoms with Crippen LogP contribution in [-0.4, -0.2) is 35.9 Å². The second kappa shape index (κ2) is 4.69. The Kier molecular flexibility index (Phi) is 3.55. The Morgan fingerprint density at radius 3 is 3.00 bits per heavy atom. The first-order valence-corrected chi connectivity index (χ1v) is 5.48. The summed E-state index contributed by atoms with van der Waals surface area (Å²) in [5.74, 6) is 0.0771. The predicted molar refractivity (Wildman–Crippen MR) is 47.5 cm³/mol. The summed E-state index contributed by atoms with van der Waals surface area (Å²) in [5.41, 5.74) is 0. The van der Waals surface area contributed by atoms with Crippen molar-refractivity contribution in [2.75, 3.05) is 12.3 Å². The van der Waals surface area contributed by atoms with E-state index in [0.29, 0.717) is 12.2 Å². The highest BCUT2D eigenvalue weighted by atomic mass is 32.2. The predicted octanol–water partition coefficient (Wildman–Crippen LogP) is -1.21. The molecule has 0 aliphatic heterocycles. The fourth-order valence-electron chi connectivity index (χ4n) is 0.812. The minimum Gasteiger partial charge on any atom is -0.263 e. The maximum Gasteiger partial charge on any atom is 0.225 e. The number of nitriles is 1. The second-order valence-electron chi connectivity index (χ2n) is 2.49. The number of nitrogens with one attached hydrogen (secondary N) is 2. The lowest BCUT2D eigenvalue weighted by Crippen LogP contribution is -2.28. The zero-order chi connectivity index (χ0) is 10.4. The van der Waals surface area contributed by atoms with Crippen molar-refractivity contribution in [1.29, 1.82) is 5.26 Å². The third-order valence-electron chi connectivity index (χ3n) is 1.40. The van der Waals surface area contributed by atoms with E-state index in [1.807, 2.05) is 0 Å². The minimum absolute atomic E-state index is 0.208. The fraction of sp³-hybridized carbons (Fsp3) is 0.500. The third kappa shape index (κ3) is 3.51. The van der Waals surface area contributed by atoms with Gasteiger partial charge in [0.1, 0.15) is 12.2 Å². The van der Waals surface area contributed by atoms with Crippen molar-refractivity contribution in [1.82, 2.24) is 19.9 Å². The molecule has 0 unspecified atom stereocenters. The van der Waals surface area contributed by atoms with Gasteiger partial charge in [0.15, 0.2) is 5.75 Å². The van der Waals surface area contributed by atoms with E-state index in [2.05, 4.69) is 19.9 Å². The second-order valence-corrected chi connectivity index (χ2v) is 4.30. The molecule has 0 fully saturated rings. The van der Waals surface area contributed by atoms with Gasteiger partial charge < -0.3 is 0 Å². The number of sulfonamides is 1. The van der Waals surface area contributed by atoms with Crippen LogP contribution in [0.2, 0.25) is 0 Å². The topological polar surface area (TPSA) is 112 Å². The summed E-state index contributed by atoms with van der Waals surface area (Å²) >= 11 is 0. The van der Waals surface area contributed by atoms with Gasteiger partial charge in [-0.15, -0.1) is 0 Å². The summed E-state index contributed by atoms with van der Waals surface area (Å²) in [6.45, 7) is 0.208. The molecular weight excluding hydrogens is 206 g/mol. The Balaban J connectivity index is 2.32. The first-order chi connectivity index (χ1) is 6.64. The highest BCUT2D eigenvalue weighted by Gasteiger charge is 2.08. The van der Waals surface area contributed by atoms with E-state index in [1.165, 1.54) is 6.33 Å². The normalized spacial score (nSPS) is 11.1. The molecule has 1 aromatic rings. The molecule has 8 heteroatoms. The Morgan fingerprint density at radius 1 is 1.64 bits per heavy atom. The SMILES string of the molecule is N#CCS(=O)(=O)NCCc1ncn[nH]1. The van der Waals surface area contributed by atoms with Gasteiger partial charge in [0.05, 0.1) is 6.07 Å². The number of hydrogen-bond acceptors (Lipinski definition) is 5. The highest BCUT2D eigenvalue weighted by Crippen LogP contribution is 1.88. The third-order valence-corrected chi connectivity index (χ3v) is 2.56. The molecule has 0 aliphatic rings. The van der Waals surface area contributed by atoms with Crippen molar-refractivity contribution in [3.8, 4) is 6.07 Å². The molecular formula is C6H9N5O2S. The largest absolute Gasteiger partial charge is 0.263 e. The van der Waals surface area contributed by atoms with Crippen molar-refractivity contribution in [3.63, 3.8) is 0 Å². The summed E-state index contributed by atoms with van der Waals surface area (Å²) < 4.78 is 24.2. The summed E-state index contributed by atoms with van der Waals surface area (Å²) in [5, 5.41) is 14.4. The lowest BCUT2D eigenvalue weighted by Gasteiger charge is -2.00. The van der Waals surface area contributed by atoms with Crippen LogP contribution in [0.15, 0.2) is 6.33 Å². The van der Waals surface area contributed by atoms with Gasteiger partial charge >= 0.3 is 0 Å². The number of nitrogens with zero attached hydrogens (tertiary/aromatic N) is 3. The van der Waals surface area contributed by atoms with E-state index >= 15 is 0 Å². The number of aromatic nitrogens is 3. The van der Waals surface area contributed by atoms with Crippen LogP contribution in [0.5, 0.6) is 0 Å². The van der Waals surface area contributed by atoms with Gasteiger partial charge in [-0.2, -0.15) is 10.4 Å². The molecule has 0 aromatic carbocycles. The lowest BCUT2D eigenvalue weighted by atomic mass is 10.4. The van der Waals surface area contributed by atoms with Gasteiger partial charge in [-0.05, 0) is 0 Å². The molecule has 0 saturated heterocycles. The first kappa shape index (κ1) is 10.6. The van der Waals surface area contributed by atoms with Crippen LogP contribution in [0.4, 0.5) is 0 Å². The van der Waals surface area contributed by atoms with E-state index in [0.717, 1.165) is 0 Å². The molecule has 7 nitrogen and oxygen atoms in total. The maximum atomic E-state index is 11.0. The molecule has 76 valence electrons. The molecule has 0 saturated carbocycles. The smallest absolute Gasteiger partial charge is 0.225 e. The lowest BCUT2D eigenvalue weighted by molar-refractivity contribution is 0.584. The van der Waals surface area contributed by atoms with E-state index < -0.39 is 15.8 Å². The summed E-state index contributed by atoms with van der Waals surface area (Å²) in [7, 11) is -3.46. The Labute approximate surface area is 81.2 Å². The van der Waals surface area contributed by atoms with E-state index in [-0.39, 0.29) is 6.54 Å². The van der Waals surface area contributed by atoms with Crippen LogP contribution in [0.3, 0.4) is 0 Å². The molecule has 0 bridgehead atoms. The molecule has 0 atom stereocenters. The van der Waals surface area contributed by atoms with Crippen molar-refractivity contribution in [2.45, 2.75) is 6.42 Å². The highest BCUT2D eigenvalue weighted by molar-refractivity contribution is 7.89. The first-order valence-electron chi connectivity index (χ1n) is 3.82. The molecule has 0 aliphatic carbocycles. The standard InChI is InChI=1S/C6H9N5O2S/c7-2-4-14(12,13)10-3-1-6-8-5-9-11-6/h5,10H,1,3-4H2,(H,8,9,11). The molecule has 0 amide bonds. The molecule has 0 spiro atoms. The van der Waals surface area contributed by atoms with E-state index in [9.17, 15) is 8.42 Å². The van der Waals surface area contributed by atoms with Gasteiger partial charge in [0.2, 0.25) is 10.0 Å². The molecule has 1 aromatic heterocycles. The van der Waals surface area contributed by atoms with Crippen molar-refractivity contribution in [3.05, 3.63) is 12.2 Å².